The van der Waals surface area contributed by atoms with Crippen molar-refractivity contribution in [2.24, 2.45) is 0 Å². The van der Waals surface area contributed by atoms with Gasteiger partial charge in [-0.05, 0) is 42.5 Å². The number of carbonyl (C=O) groups is 1. The van der Waals surface area contributed by atoms with Gasteiger partial charge in [0.25, 0.3) is 0 Å². The predicted octanol–water partition coefficient (Wildman–Crippen LogP) is 5.24. The Morgan fingerprint density at radius 1 is 0.906 bits per heavy atom. The van der Waals surface area contributed by atoms with Crippen LogP contribution in [0.3, 0.4) is 0 Å². The molecule has 0 saturated carbocycles. The second-order valence-corrected chi connectivity index (χ2v) is 7.64. The third kappa shape index (κ3) is 3.13. The Morgan fingerprint density at radius 2 is 1.69 bits per heavy atom. The number of ether oxygens (including phenoxy) is 2. The second-order valence-electron chi connectivity index (χ2n) is 7.64. The van der Waals surface area contributed by atoms with Crippen molar-refractivity contribution < 1.29 is 14.3 Å². The van der Waals surface area contributed by atoms with E-state index < -0.39 is 0 Å². The quantitative estimate of drug-likeness (QED) is 0.307. The maximum Gasteiger partial charge on any atom is 0.196 e. The SMILES string of the molecule is O=C(/C(=C/c1c[nH]c2ccccc12)c1nc2ccccc2[nH]1)c1ccc2c(c1)OCCO2. The molecule has 156 valence electrons. The molecule has 6 rings (SSSR count). The minimum atomic E-state index is -0.147. The molecule has 0 radical (unpaired) electrons. The van der Waals surface area contributed by atoms with Crippen LogP contribution in [0.15, 0.2) is 72.9 Å². The van der Waals surface area contributed by atoms with Gasteiger partial charge in [-0.25, -0.2) is 4.98 Å². The van der Waals surface area contributed by atoms with Crippen LogP contribution in [0.5, 0.6) is 11.5 Å². The second kappa shape index (κ2) is 7.42. The number of allylic oxidation sites excluding steroid dienone is 1. The molecule has 0 amide bonds. The largest absolute Gasteiger partial charge is 0.486 e. The summed E-state index contributed by atoms with van der Waals surface area (Å²) in [5.41, 5.74) is 4.60. The summed E-state index contributed by atoms with van der Waals surface area (Å²) in [5, 5.41) is 1.04. The standard InChI is InChI=1S/C26H19N3O3/c30-25(16-9-10-23-24(14-16)32-12-11-31-23)19(26-28-21-7-3-4-8-22(21)29-26)13-17-15-27-20-6-2-1-5-18(17)20/h1-10,13-15,27H,11-12H2,(H,28,29)/b19-13-. The topological polar surface area (TPSA) is 80.0 Å². The Hall–Kier alpha value is -4.32. The van der Waals surface area contributed by atoms with Crippen LogP contribution in [0.25, 0.3) is 33.6 Å². The van der Waals surface area contributed by atoms with Crippen molar-refractivity contribution in [3.05, 3.63) is 89.9 Å². The zero-order valence-corrected chi connectivity index (χ0v) is 17.1. The molecule has 0 aliphatic carbocycles. The number of para-hydroxylation sites is 3. The van der Waals surface area contributed by atoms with Gasteiger partial charge in [-0.15, -0.1) is 0 Å². The van der Waals surface area contributed by atoms with E-state index in [0.717, 1.165) is 27.5 Å². The molecule has 1 aliphatic rings. The van der Waals surface area contributed by atoms with E-state index in [0.29, 0.717) is 41.7 Å². The van der Waals surface area contributed by atoms with E-state index in [9.17, 15) is 4.79 Å². The van der Waals surface area contributed by atoms with E-state index in [2.05, 4.69) is 9.97 Å². The zero-order chi connectivity index (χ0) is 21.5. The summed E-state index contributed by atoms with van der Waals surface area (Å²) in [4.78, 5) is 25.0. The highest BCUT2D eigenvalue weighted by molar-refractivity contribution is 6.32. The number of aromatic amines is 2. The summed E-state index contributed by atoms with van der Waals surface area (Å²) in [5.74, 6) is 1.61. The van der Waals surface area contributed by atoms with E-state index in [1.807, 2.05) is 60.8 Å². The summed E-state index contributed by atoms with van der Waals surface area (Å²) >= 11 is 0. The van der Waals surface area contributed by atoms with E-state index in [1.165, 1.54) is 0 Å². The van der Waals surface area contributed by atoms with Gasteiger partial charge >= 0.3 is 0 Å². The summed E-state index contributed by atoms with van der Waals surface area (Å²) in [6.07, 6.45) is 3.79. The molecule has 2 aromatic heterocycles. The fourth-order valence-electron chi connectivity index (χ4n) is 4.03. The van der Waals surface area contributed by atoms with Crippen molar-refractivity contribution in [1.29, 1.82) is 0 Å². The first-order valence-electron chi connectivity index (χ1n) is 10.4. The lowest BCUT2D eigenvalue weighted by Crippen LogP contribution is -2.16. The van der Waals surface area contributed by atoms with Gasteiger partial charge in [0.05, 0.1) is 16.6 Å². The predicted molar refractivity (Wildman–Crippen MR) is 124 cm³/mol. The molecule has 0 bridgehead atoms. The van der Waals surface area contributed by atoms with E-state index in [1.54, 1.807) is 18.2 Å². The van der Waals surface area contributed by atoms with Crippen LogP contribution in [0.4, 0.5) is 0 Å². The van der Waals surface area contributed by atoms with Crippen molar-refractivity contribution in [2.45, 2.75) is 0 Å². The Morgan fingerprint density at radius 3 is 2.56 bits per heavy atom. The van der Waals surface area contributed by atoms with Gasteiger partial charge in [0.15, 0.2) is 17.3 Å². The molecule has 0 atom stereocenters. The number of nitrogens with one attached hydrogen (secondary N) is 2. The molecule has 0 saturated heterocycles. The summed E-state index contributed by atoms with van der Waals surface area (Å²) in [6.45, 7) is 0.969. The fraction of sp³-hybridized carbons (Fsp3) is 0.0769. The van der Waals surface area contributed by atoms with Crippen LogP contribution in [0, 0.1) is 0 Å². The van der Waals surface area contributed by atoms with Crippen molar-refractivity contribution in [3.63, 3.8) is 0 Å². The number of rotatable bonds is 4. The number of hydrogen-bond acceptors (Lipinski definition) is 4. The Balaban J connectivity index is 1.51. The van der Waals surface area contributed by atoms with Crippen LogP contribution in [-0.4, -0.2) is 33.9 Å². The van der Waals surface area contributed by atoms with Crippen LogP contribution in [-0.2, 0) is 0 Å². The summed E-state index contributed by atoms with van der Waals surface area (Å²) in [6, 6.07) is 21.0. The number of H-pyrrole nitrogens is 2. The Kier molecular flexibility index (Phi) is 4.28. The number of hydrogen-bond donors (Lipinski definition) is 2. The lowest BCUT2D eigenvalue weighted by atomic mass is 9.99. The third-order valence-corrected chi connectivity index (χ3v) is 5.61. The number of imidazole rings is 1. The first kappa shape index (κ1) is 18.4. The van der Waals surface area contributed by atoms with Crippen molar-refractivity contribution in [1.82, 2.24) is 15.0 Å². The fourth-order valence-corrected chi connectivity index (χ4v) is 4.03. The highest BCUT2D eigenvalue weighted by Crippen LogP contribution is 2.33. The average molecular weight is 421 g/mol. The molecule has 3 aromatic carbocycles. The number of Topliss-reactive ketones (excluding diaryl/α,β-unsaturated/α-hetero) is 1. The first-order valence-corrected chi connectivity index (χ1v) is 10.4. The normalized spacial score (nSPS) is 13.6. The molecular weight excluding hydrogens is 402 g/mol. The molecule has 3 heterocycles. The number of aromatic nitrogens is 3. The molecule has 2 N–H and O–H groups in total. The first-order chi connectivity index (χ1) is 15.8. The van der Waals surface area contributed by atoms with Crippen LogP contribution < -0.4 is 9.47 Å². The smallest absolute Gasteiger partial charge is 0.196 e. The Bertz CT molecular complexity index is 1480. The van der Waals surface area contributed by atoms with Crippen LogP contribution >= 0.6 is 0 Å². The number of ketones is 1. The van der Waals surface area contributed by atoms with Crippen LogP contribution in [0.1, 0.15) is 21.7 Å². The number of carbonyl (C=O) groups excluding carboxylic acids is 1. The third-order valence-electron chi connectivity index (χ3n) is 5.61. The molecule has 6 heteroatoms. The van der Waals surface area contributed by atoms with E-state index in [4.69, 9.17) is 14.5 Å². The Labute approximate surface area is 183 Å². The number of fused-ring (bicyclic) bond motifs is 3. The molecule has 0 spiro atoms. The maximum absolute atomic E-state index is 13.7. The zero-order valence-electron chi connectivity index (χ0n) is 17.1. The van der Waals surface area contributed by atoms with Crippen molar-refractivity contribution in [2.75, 3.05) is 13.2 Å². The lowest BCUT2D eigenvalue weighted by molar-refractivity contribution is 0.105. The molecule has 5 aromatic rings. The number of nitrogens with zero attached hydrogens (tertiary/aromatic N) is 1. The molecule has 1 aliphatic heterocycles. The van der Waals surface area contributed by atoms with Gasteiger partial charge < -0.3 is 19.4 Å². The van der Waals surface area contributed by atoms with E-state index >= 15 is 0 Å². The number of benzene rings is 3. The average Bonchev–Trinajstić information content (AvgIpc) is 3.46. The van der Waals surface area contributed by atoms with Gasteiger partial charge in [-0.1, -0.05) is 30.3 Å². The summed E-state index contributed by atoms with van der Waals surface area (Å²) in [7, 11) is 0. The van der Waals surface area contributed by atoms with Crippen LogP contribution in [0.2, 0.25) is 0 Å². The lowest BCUT2D eigenvalue weighted by Gasteiger charge is -2.18. The van der Waals surface area contributed by atoms with E-state index in [-0.39, 0.29) is 5.78 Å². The minimum Gasteiger partial charge on any atom is -0.486 e. The van der Waals surface area contributed by atoms with Gasteiger partial charge in [0, 0.05) is 28.2 Å². The van der Waals surface area contributed by atoms with Gasteiger partial charge in [0.2, 0.25) is 0 Å². The van der Waals surface area contributed by atoms with Gasteiger partial charge in [-0.3, -0.25) is 4.79 Å². The molecule has 6 nitrogen and oxygen atoms in total. The molecular formula is C26H19N3O3. The van der Waals surface area contributed by atoms with Gasteiger partial charge in [-0.2, -0.15) is 0 Å². The molecule has 32 heavy (non-hydrogen) atoms. The summed E-state index contributed by atoms with van der Waals surface area (Å²) < 4.78 is 11.3. The van der Waals surface area contributed by atoms with Crippen molar-refractivity contribution in [3.8, 4) is 11.5 Å². The minimum absolute atomic E-state index is 0.147. The monoisotopic (exact) mass is 421 g/mol. The molecule has 0 unspecified atom stereocenters. The highest BCUT2D eigenvalue weighted by atomic mass is 16.6. The maximum atomic E-state index is 13.7. The van der Waals surface area contributed by atoms with Gasteiger partial charge in [0.1, 0.15) is 19.0 Å². The van der Waals surface area contributed by atoms with Crippen molar-refractivity contribution >= 4 is 39.4 Å². The highest BCUT2D eigenvalue weighted by Gasteiger charge is 2.21. The molecule has 0 fully saturated rings.